The van der Waals surface area contributed by atoms with Crippen molar-refractivity contribution in [2.75, 3.05) is 19.3 Å². The predicted octanol–water partition coefficient (Wildman–Crippen LogP) is 2.22. The van der Waals surface area contributed by atoms with Crippen molar-refractivity contribution in [3.63, 3.8) is 0 Å². The fourth-order valence-electron chi connectivity index (χ4n) is 3.19. The zero-order valence-corrected chi connectivity index (χ0v) is 17.1. The summed E-state index contributed by atoms with van der Waals surface area (Å²) in [6, 6.07) is 14.4. The number of benzene rings is 2. The van der Waals surface area contributed by atoms with Crippen LogP contribution in [-0.4, -0.2) is 44.8 Å². The minimum atomic E-state index is -3.62. The van der Waals surface area contributed by atoms with Crippen LogP contribution in [0.15, 0.2) is 53.4 Å². The van der Waals surface area contributed by atoms with Gasteiger partial charge in [0.2, 0.25) is 20.0 Å². The maximum atomic E-state index is 12.9. The third-order valence-corrected chi connectivity index (χ3v) is 8.50. The molecular weight excluding hydrogens is 384 g/mol. The summed E-state index contributed by atoms with van der Waals surface area (Å²) < 4.78 is 52.8. The van der Waals surface area contributed by atoms with Gasteiger partial charge in [0.05, 0.1) is 10.6 Å². The lowest BCUT2D eigenvalue weighted by Crippen LogP contribution is -2.37. The number of sulfonamides is 2. The molecule has 1 heterocycles. The Morgan fingerprint density at radius 3 is 2.37 bits per heavy atom. The molecule has 0 fully saturated rings. The van der Waals surface area contributed by atoms with Gasteiger partial charge < -0.3 is 0 Å². The smallest absolute Gasteiger partial charge is 0.212 e. The molecule has 0 N–H and O–H groups in total. The first kappa shape index (κ1) is 20.0. The second kappa shape index (κ2) is 7.71. The molecule has 0 spiro atoms. The van der Waals surface area contributed by atoms with Crippen LogP contribution < -0.4 is 0 Å². The van der Waals surface area contributed by atoms with Gasteiger partial charge in [0.15, 0.2) is 0 Å². The fraction of sp³-hybridized carbons (Fsp3) is 0.368. The van der Waals surface area contributed by atoms with E-state index >= 15 is 0 Å². The molecule has 8 heteroatoms. The Balaban J connectivity index is 1.82. The van der Waals surface area contributed by atoms with E-state index in [-0.39, 0.29) is 10.6 Å². The predicted molar refractivity (Wildman–Crippen MR) is 105 cm³/mol. The van der Waals surface area contributed by atoms with Crippen molar-refractivity contribution in [2.45, 2.75) is 31.3 Å². The summed E-state index contributed by atoms with van der Waals surface area (Å²) in [5.74, 6) is 0.0685. The zero-order valence-electron chi connectivity index (χ0n) is 15.5. The van der Waals surface area contributed by atoms with Gasteiger partial charge in [-0.1, -0.05) is 36.4 Å². The summed E-state index contributed by atoms with van der Waals surface area (Å²) in [4.78, 5) is 0.242. The Kier molecular flexibility index (Phi) is 5.71. The number of fused-ring (bicyclic) bond motifs is 1. The second-order valence-electron chi connectivity index (χ2n) is 6.66. The Labute approximate surface area is 161 Å². The quantitative estimate of drug-likeness (QED) is 0.735. The first-order valence-electron chi connectivity index (χ1n) is 8.84. The van der Waals surface area contributed by atoms with Crippen LogP contribution in [0.1, 0.15) is 23.6 Å². The van der Waals surface area contributed by atoms with Gasteiger partial charge in [-0.2, -0.15) is 8.61 Å². The summed E-state index contributed by atoms with van der Waals surface area (Å²) >= 11 is 0. The average molecular weight is 409 g/mol. The van der Waals surface area contributed by atoms with Crippen LogP contribution in [-0.2, 0) is 39.6 Å². The van der Waals surface area contributed by atoms with Gasteiger partial charge in [0, 0.05) is 26.7 Å². The van der Waals surface area contributed by atoms with Gasteiger partial charge in [-0.3, -0.25) is 0 Å². The summed E-state index contributed by atoms with van der Waals surface area (Å²) in [5, 5.41) is 0. The monoisotopic (exact) mass is 408 g/mol. The van der Waals surface area contributed by atoms with Crippen LogP contribution >= 0.6 is 0 Å². The lowest BCUT2D eigenvalue weighted by Gasteiger charge is -2.28. The molecule has 0 saturated carbocycles. The number of hydrogen-bond acceptors (Lipinski definition) is 4. The van der Waals surface area contributed by atoms with Crippen molar-refractivity contribution >= 4 is 20.0 Å². The number of rotatable bonds is 6. The lowest BCUT2D eigenvalue weighted by atomic mass is 10.0. The van der Waals surface area contributed by atoms with E-state index in [1.165, 1.54) is 8.61 Å². The largest absolute Gasteiger partial charge is 0.243 e. The molecule has 0 atom stereocenters. The zero-order chi connectivity index (χ0) is 19.7. The summed E-state index contributed by atoms with van der Waals surface area (Å²) in [6.45, 7) is 2.60. The van der Waals surface area contributed by atoms with Gasteiger partial charge in [-0.15, -0.1) is 0 Å². The van der Waals surface area contributed by atoms with Crippen molar-refractivity contribution in [3.05, 3.63) is 65.2 Å². The first-order chi connectivity index (χ1) is 12.7. The van der Waals surface area contributed by atoms with Crippen LogP contribution in [0.25, 0.3) is 0 Å². The minimum absolute atomic E-state index is 0.0685. The molecule has 0 amide bonds. The second-order valence-corrected chi connectivity index (χ2v) is 11.0. The molecule has 0 saturated heterocycles. The molecule has 0 unspecified atom stereocenters. The molecule has 0 bridgehead atoms. The molecule has 146 valence electrons. The summed E-state index contributed by atoms with van der Waals surface area (Å²) in [6.07, 6.45) is 0.514. The maximum absolute atomic E-state index is 12.9. The van der Waals surface area contributed by atoms with E-state index in [0.717, 1.165) is 16.7 Å². The van der Waals surface area contributed by atoms with E-state index in [4.69, 9.17) is 0 Å². The van der Waals surface area contributed by atoms with E-state index in [0.29, 0.717) is 26.1 Å². The van der Waals surface area contributed by atoms with Crippen LogP contribution in [0.2, 0.25) is 0 Å². The molecule has 1 aliphatic heterocycles. The van der Waals surface area contributed by atoms with Crippen molar-refractivity contribution in [1.29, 1.82) is 0 Å². The Morgan fingerprint density at radius 1 is 1.00 bits per heavy atom. The van der Waals surface area contributed by atoms with Crippen molar-refractivity contribution < 1.29 is 16.8 Å². The van der Waals surface area contributed by atoms with Gasteiger partial charge in [0.1, 0.15) is 0 Å². The molecule has 0 aliphatic carbocycles. The molecule has 0 aromatic heterocycles. The van der Waals surface area contributed by atoms with Crippen LogP contribution in [0.3, 0.4) is 0 Å². The highest BCUT2D eigenvalue weighted by Crippen LogP contribution is 2.26. The minimum Gasteiger partial charge on any atom is -0.212 e. The van der Waals surface area contributed by atoms with Gasteiger partial charge >= 0.3 is 0 Å². The van der Waals surface area contributed by atoms with Crippen molar-refractivity contribution in [1.82, 2.24) is 8.61 Å². The molecule has 3 rings (SSSR count). The Hall–Kier alpha value is -1.74. The van der Waals surface area contributed by atoms with E-state index in [9.17, 15) is 16.8 Å². The normalized spacial score (nSPS) is 15.7. The van der Waals surface area contributed by atoms with E-state index in [2.05, 4.69) is 0 Å². The fourth-order valence-corrected chi connectivity index (χ4v) is 5.47. The standard InChI is InChI=1S/C19H24N2O4S2/c1-3-26(22,23)21-12-11-17-13-19(10-9-18(17)15-21)27(24,25)20(2)14-16-7-5-4-6-8-16/h4-10,13H,3,11-12,14-15H2,1-2H3. The van der Waals surface area contributed by atoms with Crippen LogP contribution in [0.5, 0.6) is 0 Å². The summed E-state index contributed by atoms with van der Waals surface area (Å²) in [7, 11) is -5.29. The Bertz CT molecular complexity index is 1020. The van der Waals surface area contributed by atoms with Crippen LogP contribution in [0, 0.1) is 0 Å². The highest BCUT2D eigenvalue weighted by molar-refractivity contribution is 7.89. The van der Waals surface area contributed by atoms with E-state index in [1.54, 1.807) is 32.2 Å². The average Bonchev–Trinajstić information content (AvgIpc) is 2.67. The van der Waals surface area contributed by atoms with E-state index < -0.39 is 20.0 Å². The molecule has 2 aromatic rings. The lowest BCUT2D eigenvalue weighted by molar-refractivity contribution is 0.391. The molecule has 6 nitrogen and oxygen atoms in total. The van der Waals surface area contributed by atoms with Gasteiger partial charge in [-0.05, 0) is 42.2 Å². The summed E-state index contributed by atoms with van der Waals surface area (Å²) in [5.41, 5.74) is 2.68. The molecule has 0 radical (unpaired) electrons. The van der Waals surface area contributed by atoms with Crippen molar-refractivity contribution in [2.24, 2.45) is 0 Å². The third-order valence-electron chi connectivity index (χ3n) is 4.87. The highest BCUT2D eigenvalue weighted by Gasteiger charge is 2.27. The highest BCUT2D eigenvalue weighted by atomic mass is 32.2. The molecule has 1 aliphatic rings. The molecular formula is C19H24N2O4S2. The third kappa shape index (κ3) is 4.24. The maximum Gasteiger partial charge on any atom is 0.243 e. The Morgan fingerprint density at radius 2 is 1.70 bits per heavy atom. The van der Waals surface area contributed by atoms with Gasteiger partial charge in [-0.25, -0.2) is 16.8 Å². The first-order valence-corrected chi connectivity index (χ1v) is 11.9. The molecule has 27 heavy (non-hydrogen) atoms. The SMILES string of the molecule is CCS(=O)(=O)N1CCc2cc(S(=O)(=O)N(C)Cc3ccccc3)ccc2C1. The number of hydrogen-bond donors (Lipinski definition) is 0. The van der Waals surface area contributed by atoms with Crippen molar-refractivity contribution in [3.8, 4) is 0 Å². The molecule has 2 aromatic carbocycles. The van der Waals surface area contributed by atoms with Crippen LogP contribution in [0.4, 0.5) is 0 Å². The van der Waals surface area contributed by atoms with Gasteiger partial charge in [0.25, 0.3) is 0 Å². The van der Waals surface area contributed by atoms with E-state index in [1.807, 2.05) is 30.3 Å². The number of nitrogens with zero attached hydrogens (tertiary/aromatic N) is 2. The topological polar surface area (TPSA) is 74.8 Å².